The highest BCUT2D eigenvalue weighted by Gasteiger charge is 2.16. The number of hydrogen-bond acceptors (Lipinski definition) is 3. The first-order valence-electron chi connectivity index (χ1n) is 8.06. The summed E-state index contributed by atoms with van der Waals surface area (Å²) < 4.78 is 0. The Hall–Kier alpha value is -2.49. The van der Waals surface area contributed by atoms with Gasteiger partial charge in [0.15, 0.2) is 0 Å². The van der Waals surface area contributed by atoms with Crippen molar-refractivity contribution in [1.82, 2.24) is 5.32 Å². The first-order valence-corrected chi connectivity index (χ1v) is 8.06. The number of amides is 1. The van der Waals surface area contributed by atoms with Crippen molar-refractivity contribution in [3.05, 3.63) is 59.2 Å². The number of phenolic OH excluding ortho intramolecular Hbond substituents is 1. The van der Waals surface area contributed by atoms with Crippen LogP contribution in [0.4, 0.5) is 5.69 Å². The van der Waals surface area contributed by atoms with Gasteiger partial charge in [0.1, 0.15) is 5.75 Å². The number of aromatic hydroxyl groups is 1. The van der Waals surface area contributed by atoms with E-state index in [0.29, 0.717) is 12.1 Å². The van der Waals surface area contributed by atoms with Crippen LogP contribution in [0.5, 0.6) is 5.75 Å². The molecule has 1 aliphatic heterocycles. The molecule has 1 saturated heterocycles. The highest BCUT2D eigenvalue weighted by molar-refractivity contribution is 5.97. The smallest absolute Gasteiger partial charge is 0.255 e. The molecule has 23 heavy (non-hydrogen) atoms. The maximum absolute atomic E-state index is 12.3. The highest BCUT2D eigenvalue weighted by atomic mass is 16.3. The van der Waals surface area contributed by atoms with E-state index in [1.54, 1.807) is 18.2 Å². The van der Waals surface area contributed by atoms with Crippen molar-refractivity contribution in [3.63, 3.8) is 0 Å². The molecule has 0 spiro atoms. The zero-order valence-electron chi connectivity index (χ0n) is 13.4. The molecule has 0 radical (unpaired) electrons. The van der Waals surface area contributed by atoms with E-state index in [1.807, 2.05) is 25.1 Å². The molecule has 0 bridgehead atoms. The molecular formula is C19H22N2O2. The lowest BCUT2D eigenvalue weighted by atomic mass is 10.1. The Morgan fingerprint density at radius 3 is 2.70 bits per heavy atom. The van der Waals surface area contributed by atoms with Gasteiger partial charge in [-0.15, -0.1) is 0 Å². The molecule has 1 heterocycles. The van der Waals surface area contributed by atoms with Crippen LogP contribution < -0.4 is 10.2 Å². The molecule has 4 nitrogen and oxygen atoms in total. The number of phenols is 1. The predicted octanol–water partition coefficient (Wildman–Crippen LogP) is 3.23. The number of anilines is 1. The van der Waals surface area contributed by atoms with Gasteiger partial charge in [0.25, 0.3) is 5.91 Å². The van der Waals surface area contributed by atoms with Crippen LogP contribution in [0.1, 0.15) is 34.3 Å². The lowest BCUT2D eigenvalue weighted by Gasteiger charge is -2.21. The number of para-hydroxylation sites is 1. The largest absolute Gasteiger partial charge is 0.507 e. The minimum Gasteiger partial charge on any atom is -0.507 e. The second-order valence-corrected chi connectivity index (χ2v) is 6.03. The van der Waals surface area contributed by atoms with E-state index in [1.165, 1.54) is 18.5 Å². The third kappa shape index (κ3) is 3.47. The topological polar surface area (TPSA) is 52.6 Å². The van der Waals surface area contributed by atoms with Gasteiger partial charge in [0.2, 0.25) is 0 Å². The normalized spacial score (nSPS) is 14.0. The van der Waals surface area contributed by atoms with Gasteiger partial charge < -0.3 is 15.3 Å². The molecule has 0 aromatic heterocycles. The Morgan fingerprint density at radius 1 is 1.17 bits per heavy atom. The number of rotatable bonds is 4. The van der Waals surface area contributed by atoms with Crippen LogP contribution >= 0.6 is 0 Å². The SMILES string of the molecule is Cc1ccc(O)c(C(=O)NCc2ccccc2N2CCCC2)c1. The number of carbonyl (C=O) groups is 1. The molecule has 2 aromatic carbocycles. The van der Waals surface area contributed by atoms with Crippen LogP contribution in [0.2, 0.25) is 0 Å². The summed E-state index contributed by atoms with van der Waals surface area (Å²) in [5, 5.41) is 12.8. The fourth-order valence-electron chi connectivity index (χ4n) is 3.03. The summed E-state index contributed by atoms with van der Waals surface area (Å²) in [6.07, 6.45) is 2.44. The van der Waals surface area contributed by atoms with Crippen molar-refractivity contribution in [3.8, 4) is 5.75 Å². The number of carbonyl (C=O) groups excluding carboxylic acids is 1. The minimum absolute atomic E-state index is 0.0147. The summed E-state index contributed by atoms with van der Waals surface area (Å²) >= 11 is 0. The fourth-order valence-corrected chi connectivity index (χ4v) is 3.03. The average molecular weight is 310 g/mol. The van der Waals surface area contributed by atoms with Gasteiger partial charge in [-0.2, -0.15) is 0 Å². The van der Waals surface area contributed by atoms with Crippen molar-refractivity contribution >= 4 is 11.6 Å². The second kappa shape index (κ2) is 6.73. The summed E-state index contributed by atoms with van der Waals surface area (Å²) in [6, 6.07) is 13.2. The summed E-state index contributed by atoms with van der Waals surface area (Å²) in [7, 11) is 0. The summed E-state index contributed by atoms with van der Waals surface area (Å²) in [5.41, 5.74) is 3.57. The Morgan fingerprint density at radius 2 is 1.91 bits per heavy atom. The third-order valence-corrected chi connectivity index (χ3v) is 4.27. The molecule has 0 unspecified atom stereocenters. The summed E-state index contributed by atoms with van der Waals surface area (Å²) in [6.45, 7) is 4.50. The van der Waals surface area contributed by atoms with E-state index in [9.17, 15) is 9.90 Å². The van der Waals surface area contributed by atoms with Crippen LogP contribution in [-0.2, 0) is 6.54 Å². The van der Waals surface area contributed by atoms with E-state index < -0.39 is 0 Å². The van der Waals surface area contributed by atoms with Crippen molar-refractivity contribution in [1.29, 1.82) is 0 Å². The van der Waals surface area contributed by atoms with Gasteiger partial charge in [-0.3, -0.25) is 4.79 Å². The zero-order valence-corrected chi connectivity index (χ0v) is 13.4. The van der Waals surface area contributed by atoms with Crippen molar-refractivity contribution in [2.75, 3.05) is 18.0 Å². The lowest BCUT2D eigenvalue weighted by Crippen LogP contribution is -2.25. The monoisotopic (exact) mass is 310 g/mol. The fraction of sp³-hybridized carbons (Fsp3) is 0.316. The van der Waals surface area contributed by atoms with E-state index in [0.717, 1.165) is 24.2 Å². The molecule has 1 fully saturated rings. The van der Waals surface area contributed by atoms with Gasteiger partial charge >= 0.3 is 0 Å². The van der Waals surface area contributed by atoms with Crippen LogP contribution in [0, 0.1) is 6.92 Å². The van der Waals surface area contributed by atoms with Crippen LogP contribution in [0.15, 0.2) is 42.5 Å². The lowest BCUT2D eigenvalue weighted by molar-refractivity contribution is 0.0948. The standard InChI is InChI=1S/C19H22N2O2/c1-14-8-9-18(22)16(12-14)19(23)20-13-15-6-2-3-7-17(15)21-10-4-5-11-21/h2-3,6-9,12,22H,4-5,10-11,13H2,1H3,(H,20,23). The van der Waals surface area contributed by atoms with E-state index >= 15 is 0 Å². The predicted molar refractivity (Wildman–Crippen MR) is 91.9 cm³/mol. The summed E-state index contributed by atoms with van der Waals surface area (Å²) in [5.74, 6) is -0.233. The van der Waals surface area contributed by atoms with Crippen LogP contribution in [0.3, 0.4) is 0 Å². The second-order valence-electron chi connectivity index (χ2n) is 6.03. The number of hydrogen-bond donors (Lipinski definition) is 2. The zero-order chi connectivity index (χ0) is 16.2. The Labute approximate surface area is 136 Å². The highest BCUT2D eigenvalue weighted by Crippen LogP contribution is 2.25. The first kappa shape index (κ1) is 15.4. The van der Waals surface area contributed by atoms with Gasteiger partial charge in [0, 0.05) is 25.3 Å². The van der Waals surface area contributed by atoms with Crippen molar-refractivity contribution in [2.45, 2.75) is 26.3 Å². The van der Waals surface area contributed by atoms with Crippen LogP contribution in [0.25, 0.3) is 0 Å². The maximum Gasteiger partial charge on any atom is 0.255 e. The van der Waals surface area contributed by atoms with Crippen molar-refractivity contribution in [2.24, 2.45) is 0 Å². The molecule has 1 amide bonds. The Balaban J connectivity index is 1.73. The van der Waals surface area contributed by atoms with Gasteiger partial charge in [0.05, 0.1) is 5.56 Å². The number of nitrogens with one attached hydrogen (secondary N) is 1. The molecule has 2 aromatic rings. The van der Waals surface area contributed by atoms with Crippen molar-refractivity contribution < 1.29 is 9.90 Å². The molecule has 3 rings (SSSR count). The molecule has 120 valence electrons. The van der Waals surface area contributed by atoms with E-state index in [2.05, 4.69) is 16.3 Å². The molecule has 4 heteroatoms. The van der Waals surface area contributed by atoms with Gasteiger partial charge in [-0.25, -0.2) is 0 Å². The number of nitrogens with zero attached hydrogens (tertiary/aromatic N) is 1. The molecule has 1 aliphatic rings. The average Bonchev–Trinajstić information content (AvgIpc) is 3.09. The van der Waals surface area contributed by atoms with E-state index in [4.69, 9.17) is 0 Å². The summed E-state index contributed by atoms with van der Waals surface area (Å²) in [4.78, 5) is 14.7. The molecule has 0 aliphatic carbocycles. The van der Waals surface area contributed by atoms with Gasteiger partial charge in [-0.1, -0.05) is 29.8 Å². The molecular weight excluding hydrogens is 288 g/mol. The quantitative estimate of drug-likeness (QED) is 0.911. The van der Waals surface area contributed by atoms with Crippen LogP contribution in [-0.4, -0.2) is 24.1 Å². The molecule has 0 atom stereocenters. The number of aryl methyl sites for hydroxylation is 1. The molecule has 2 N–H and O–H groups in total. The Bertz CT molecular complexity index is 706. The van der Waals surface area contributed by atoms with Gasteiger partial charge in [-0.05, 0) is 43.5 Å². The third-order valence-electron chi connectivity index (χ3n) is 4.27. The number of benzene rings is 2. The first-order chi connectivity index (χ1) is 11.1. The van der Waals surface area contributed by atoms with E-state index in [-0.39, 0.29) is 11.7 Å². The molecule has 0 saturated carbocycles. The maximum atomic E-state index is 12.3. The minimum atomic E-state index is -0.248. The Kier molecular flexibility index (Phi) is 4.51.